The lowest BCUT2D eigenvalue weighted by Crippen LogP contribution is -2.45. The molecule has 2 amide bonds. The fraction of sp³-hybridized carbons (Fsp3) is 0.304. The van der Waals surface area contributed by atoms with E-state index in [-0.39, 0.29) is 16.7 Å². The van der Waals surface area contributed by atoms with E-state index >= 15 is 0 Å². The van der Waals surface area contributed by atoms with E-state index < -0.39 is 0 Å². The quantitative estimate of drug-likeness (QED) is 0.528. The van der Waals surface area contributed by atoms with Crippen LogP contribution in [-0.4, -0.2) is 23.7 Å². The highest BCUT2D eigenvalue weighted by Crippen LogP contribution is 2.45. The molecule has 1 atom stereocenters. The van der Waals surface area contributed by atoms with Crippen LogP contribution < -0.4 is 9.80 Å². The fourth-order valence-corrected chi connectivity index (χ4v) is 5.17. The number of fused-ring (bicyclic) bond motifs is 1. The lowest BCUT2D eigenvalue weighted by Gasteiger charge is -2.45. The van der Waals surface area contributed by atoms with Gasteiger partial charge in [0, 0.05) is 23.3 Å². The van der Waals surface area contributed by atoms with Crippen LogP contribution in [0, 0.1) is 0 Å². The lowest BCUT2D eigenvalue weighted by molar-refractivity contribution is -0.113. The van der Waals surface area contributed by atoms with Crippen LogP contribution in [-0.2, 0) is 4.79 Å². The molecule has 0 radical (unpaired) electrons. The average molecular weight is 427 g/mol. The van der Waals surface area contributed by atoms with Gasteiger partial charge in [-0.1, -0.05) is 36.7 Å². The van der Waals surface area contributed by atoms with Crippen LogP contribution in [0.5, 0.6) is 0 Å². The lowest BCUT2D eigenvalue weighted by atomic mass is 9.80. The van der Waals surface area contributed by atoms with Crippen molar-refractivity contribution in [2.75, 3.05) is 16.8 Å². The summed E-state index contributed by atoms with van der Waals surface area (Å²) in [6.07, 6.45) is 2.77. The number of imide groups is 1. The number of rotatable bonds is 2. The van der Waals surface area contributed by atoms with E-state index in [0.717, 1.165) is 29.4 Å². The predicted molar refractivity (Wildman–Crippen MR) is 122 cm³/mol. The Morgan fingerprint density at radius 3 is 2.55 bits per heavy atom. The molecule has 2 heterocycles. The number of benzene rings is 2. The molecule has 29 heavy (non-hydrogen) atoms. The number of anilines is 2. The van der Waals surface area contributed by atoms with E-state index in [9.17, 15) is 9.59 Å². The van der Waals surface area contributed by atoms with E-state index in [1.807, 2.05) is 24.3 Å². The summed E-state index contributed by atoms with van der Waals surface area (Å²) in [6.45, 7) is 6.68. The van der Waals surface area contributed by atoms with Crippen molar-refractivity contribution in [1.82, 2.24) is 0 Å². The number of hydrogen-bond acceptors (Lipinski definition) is 4. The van der Waals surface area contributed by atoms with Gasteiger partial charge in [-0.25, -0.2) is 4.90 Å². The summed E-state index contributed by atoms with van der Waals surface area (Å²) in [4.78, 5) is 29.2. The van der Waals surface area contributed by atoms with E-state index in [1.54, 1.807) is 18.2 Å². The zero-order valence-corrected chi connectivity index (χ0v) is 18.5. The van der Waals surface area contributed by atoms with E-state index in [0.29, 0.717) is 21.5 Å². The standard InChI is InChI=1S/C23H23ClN2O2S/c1-14-13-23(2,3)25(4)19-12-18(24)15(10-17(14)19)11-20-21(27)26(22(28)29-20)16-8-6-5-7-9-16/h5-12,14H,13H2,1-4H3/b20-11-/t14-/m0/s1. The Morgan fingerprint density at radius 1 is 1.17 bits per heavy atom. The maximum atomic E-state index is 12.9. The van der Waals surface area contributed by atoms with Crippen LogP contribution in [0.4, 0.5) is 16.2 Å². The number of nitrogens with zero attached hydrogens (tertiary/aromatic N) is 2. The highest BCUT2D eigenvalue weighted by atomic mass is 35.5. The second-order valence-corrected chi connectivity index (χ2v) is 9.66. The minimum absolute atomic E-state index is 0.0512. The van der Waals surface area contributed by atoms with Gasteiger partial charge in [-0.05, 0) is 79.4 Å². The molecular weight excluding hydrogens is 404 g/mol. The van der Waals surface area contributed by atoms with Crippen molar-refractivity contribution >= 4 is 52.0 Å². The molecule has 4 nitrogen and oxygen atoms in total. The molecule has 2 aliphatic heterocycles. The van der Waals surface area contributed by atoms with Gasteiger partial charge in [0.2, 0.25) is 0 Å². The van der Waals surface area contributed by atoms with Gasteiger partial charge in [0.1, 0.15) is 0 Å². The van der Waals surface area contributed by atoms with Crippen molar-refractivity contribution in [3.63, 3.8) is 0 Å². The Balaban J connectivity index is 1.72. The average Bonchev–Trinajstić information content (AvgIpc) is 2.95. The Morgan fingerprint density at radius 2 is 1.86 bits per heavy atom. The van der Waals surface area contributed by atoms with Gasteiger partial charge in [0.25, 0.3) is 11.1 Å². The third-order valence-corrected chi connectivity index (χ3v) is 7.04. The van der Waals surface area contributed by atoms with Crippen molar-refractivity contribution in [3.05, 3.63) is 63.5 Å². The number of thioether (sulfide) groups is 1. The van der Waals surface area contributed by atoms with Crippen LogP contribution >= 0.6 is 23.4 Å². The van der Waals surface area contributed by atoms with Gasteiger partial charge in [0.15, 0.2) is 0 Å². The first-order chi connectivity index (χ1) is 13.7. The van der Waals surface area contributed by atoms with Crippen molar-refractivity contribution in [1.29, 1.82) is 0 Å². The molecule has 1 fully saturated rings. The number of halogens is 1. The maximum Gasteiger partial charge on any atom is 0.298 e. The summed E-state index contributed by atoms with van der Waals surface area (Å²) in [6, 6.07) is 13.0. The number of carbonyl (C=O) groups is 2. The van der Waals surface area contributed by atoms with Gasteiger partial charge < -0.3 is 4.90 Å². The van der Waals surface area contributed by atoms with Gasteiger partial charge in [-0.15, -0.1) is 0 Å². The predicted octanol–water partition coefficient (Wildman–Crippen LogP) is 6.30. The number of amides is 2. The molecule has 0 bridgehead atoms. The molecule has 1 saturated heterocycles. The van der Waals surface area contributed by atoms with Crippen molar-refractivity contribution in [3.8, 4) is 0 Å². The number of carbonyl (C=O) groups excluding carboxylic acids is 2. The molecule has 2 aliphatic rings. The van der Waals surface area contributed by atoms with Crippen LogP contribution in [0.1, 0.15) is 44.2 Å². The smallest absolute Gasteiger partial charge is 0.298 e. The zero-order chi connectivity index (χ0) is 20.9. The molecule has 2 aromatic carbocycles. The normalized spacial score (nSPS) is 22.4. The molecule has 0 unspecified atom stereocenters. The Hall–Kier alpha value is -2.24. The largest absolute Gasteiger partial charge is 0.369 e. The van der Waals surface area contributed by atoms with Crippen LogP contribution in [0.2, 0.25) is 5.02 Å². The van der Waals surface area contributed by atoms with Crippen molar-refractivity contribution in [2.45, 2.75) is 38.6 Å². The summed E-state index contributed by atoms with van der Waals surface area (Å²) in [7, 11) is 2.09. The monoisotopic (exact) mass is 426 g/mol. The highest BCUT2D eigenvalue weighted by molar-refractivity contribution is 8.19. The van der Waals surface area contributed by atoms with E-state index in [4.69, 9.17) is 11.6 Å². The van der Waals surface area contributed by atoms with Crippen molar-refractivity contribution < 1.29 is 9.59 Å². The third-order valence-electron chi connectivity index (χ3n) is 5.85. The second kappa shape index (κ2) is 7.22. The summed E-state index contributed by atoms with van der Waals surface area (Å²) in [5.74, 6) is 0.0614. The Bertz CT molecular complexity index is 1030. The van der Waals surface area contributed by atoms with Crippen LogP contribution in [0.3, 0.4) is 0 Å². The van der Waals surface area contributed by atoms with E-state index in [2.05, 4.69) is 38.8 Å². The van der Waals surface area contributed by atoms with Gasteiger partial charge in [-0.2, -0.15) is 0 Å². The molecule has 2 aromatic rings. The van der Waals surface area contributed by atoms with Crippen LogP contribution in [0.25, 0.3) is 6.08 Å². The topological polar surface area (TPSA) is 40.6 Å². The first-order valence-corrected chi connectivity index (χ1v) is 10.8. The SMILES string of the molecule is C[C@H]1CC(C)(C)N(C)c2cc(Cl)c(/C=C3\SC(=O)N(c4ccccc4)C3=O)cc21. The first-order valence-electron chi connectivity index (χ1n) is 9.59. The minimum Gasteiger partial charge on any atom is -0.369 e. The number of para-hydroxylation sites is 1. The Kier molecular flexibility index (Phi) is 4.99. The van der Waals surface area contributed by atoms with E-state index in [1.165, 1.54) is 10.5 Å². The summed E-state index contributed by atoms with van der Waals surface area (Å²) in [5, 5.41) is 0.281. The fourth-order valence-electron chi connectivity index (χ4n) is 4.12. The first kappa shape index (κ1) is 20.0. The summed E-state index contributed by atoms with van der Waals surface area (Å²) in [5.41, 5.74) is 3.73. The van der Waals surface area contributed by atoms with Gasteiger partial charge in [-0.3, -0.25) is 9.59 Å². The summed E-state index contributed by atoms with van der Waals surface area (Å²) < 4.78 is 0. The molecule has 0 saturated carbocycles. The van der Waals surface area contributed by atoms with Crippen LogP contribution in [0.15, 0.2) is 47.4 Å². The molecular formula is C23H23ClN2O2S. The molecule has 0 N–H and O–H groups in total. The zero-order valence-electron chi connectivity index (χ0n) is 16.9. The van der Waals surface area contributed by atoms with Crippen molar-refractivity contribution in [2.24, 2.45) is 0 Å². The molecule has 0 spiro atoms. The third kappa shape index (κ3) is 3.47. The summed E-state index contributed by atoms with van der Waals surface area (Å²) >= 11 is 7.54. The number of hydrogen-bond donors (Lipinski definition) is 0. The second-order valence-electron chi connectivity index (χ2n) is 8.26. The molecule has 0 aromatic heterocycles. The molecule has 4 rings (SSSR count). The van der Waals surface area contributed by atoms with Gasteiger partial charge in [0.05, 0.1) is 10.6 Å². The molecule has 150 valence electrons. The molecule has 6 heteroatoms. The van der Waals surface area contributed by atoms with Gasteiger partial charge >= 0.3 is 0 Å². The maximum absolute atomic E-state index is 12.9. The highest BCUT2D eigenvalue weighted by Gasteiger charge is 2.37. The molecule has 0 aliphatic carbocycles. The minimum atomic E-state index is -0.314. The Labute approximate surface area is 180 Å².